The molecule has 0 saturated carbocycles. The average Bonchev–Trinajstić information content (AvgIpc) is 3.05. The van der Waals surface area contributed by atoms with Crippen molar-refractivity contribution in [2.75, 3.05) is 0 Å². The second kappa shape index (κ2) is 6.58. The summed E-state index contributed by atoms with van der Waals surface area (Å²) in [5.74, 6) is -0.691. The average molecular weight is 329 g/mol. The number of carboxylic acid groups (broad SMARTS) is 1. The molecule has 3 rings (SSSR count). The van der Waals surface area contributed by atoms with E-state index in [2.05, 4.69) is 4.98 Å². The van der Waals surface area contributed by atoms with Crippen molar-refractivity contribution < 1.29 is 19.0 Å². The zero-order valence-corrected chi connectivity index (χ0v) is 12.7. The Balaban J connectivity index is 1.74. The zero-order valence-electron chi connectivity index (χ0n) is 11.9. The molecule has 0 aliphatic heterocycles. The second-order valence-corrected chi connectivity index (χ2v) is 5.64. The lowest BCUT2D eigenvalue weighted by molar-refractivity contribution is 0.0691. The van der Waals surface area contributed by atoms with Crippen LogP contribution in [0.3, 0.4) is 0 Å². The van der Waals surface area contributed by atoms with Crippen molar-refractivity contribution >= 4 is 17.3 Å². The largest absolute Gasteiger partial charge is 0.489 e. The first-order valence-electron chi connectivity index (χ1n) is 6.78. The number of nitrogens with zero attached hydrogens (tertiary/aromatic N) is 1. The molecule has 0 amide bonds. The minimum absolute atomic E-state index is 0.0302. The Morgan fingerprint density at radius 2 is 2.00 bits per heavy atom. The van der Waals surface area contributed by atoms with Gasteiger partial charge in [-0.15, -0.1) is 11.3 Å². The van der Waals surface area contributed by atoms with Gasteiger partial charge in [0.1, 0.15) is 23.2 Å². The number of aromatic nitrogens is 1. The highest BCUT2D eigenvalue weighted by atomic mass is 32.1. The Hall–Kier alpha value is -2.73. The van der Waals surface area contributed by atoms with Gasteiger partial charge in [0, 0.05) is 10.9 Å². The third kappa shape index (κ3) is 3.73. The van der Waals surface area contributed by atoms with Crippen LogP contribution in [0.25, 0.3) is 10.6 Å². The van der Waals surface area contributed by atoms with Gasteiger partial charge >= 0.3 is 5.97 Å². The molecule has 0 aliphatic carbocycles. The number of carbonyl (C=O) groups is 1. The topological polar surface area (TPSA) is 59.4 Å². The van der Waals surface area contributed by atoms with Gasteiger partial charge in [-0.25, -0.2) is 14.2 Å². The summed E-state index contributed by atoms with van der Waals surface area (Å²) in [6, 6.07) is 13.4. The highest BCUT2D eigenvalue weighted by Gasteiger charge is 2.10. The van der Waals surface area contributed by atoms with Crippen molar-refractivity contribution in [3.05, 3.63) is 71.0 Å². The molecule has 0 atom stereocenters. The molecule has 0 saturated heterocycles. The molecule has 0 aliphatic rings. The molecular formula is C17H12FNO3S. The van der Waals surface area contributed by atoms with Gasteiger partial charge in [-0.1, -0.05) is 24.3 Å². The van der Waals surface area contributed by atoms with Crippen molar-refractivity contribution in [1.82, 2.24) is 4.98 Å². The van der Waals surface area contributed by atoms with Crippen LogP contribution < -0.4 is 4.74 Å². The van der Waals surface area contributed by atoms with E-state index in [4.69, 9.17) is 9.84 Å². The minimum atomic E-state index is -1.05. The van der Waals surface area contributed by atoms with Crippen LogP contribution in [-0.4, -0.2) is 16.1 Å². The van der Waals surface area contributed by atoms with E-state index < -0.39 is 5.97 Å². The molecule has 0 unspecified atom stereocenters. The molecular weight excluding hydrogens is 317 g/mol. The monoisotopic (exact) mass is 329 g/mol. The normalized spacial score (nSPS) is 10.5. The number of hydrogen-bond donors (Lipinski definition) is 1. The smallest absolute Gasteiger partial charge is 0.355 e. The van der Waals surface area contributed by atoms with E-state index in [-0.39, 0.29) is 11.5 Å². The van der Waals surface area contributed by atoms with Gasteiger partial charge in [0.05, 0.1) is 0 Å². The summed E-state index contributed by atoms with van der Waals surface area (Å²) in [5.41, 5.74) is 1.68. The van der Waals surface area contributed by atoms with Crippen molar-refractivity contribution in [2.45, 2.75) is 6.61 Å². The Morgan fingerprint density at radius 1 is 1.22 bits per heavy atom. The number of aromatic carboxylic acids is 1. The number of carboxylic acids is 1. The van der Waals surface area contributed by atoms with Crippen LogP contribution >= 0.6 is 11.3 Å². The number of rotatable bonds is 5. The number of halogens is 1. The van der Waals surface area contributed by atoms with Gasteiger partial charge in [0.15, 0.2) is 5.69 Å². The molecule has 2 aromatic carbocycles. The number of thiazole rings is 1. The summed E-state index contributed by atoms with van der Waals surface area (Å²) < 4.78 is 18.5. The first-order chi connectivity index (χ1) is 11.1. The summed E-state index contributed by atoms with van der Waals surface area (Å²) >= 11 is 1.27. The van der Waals surface area contributed by atoms with Crippen molar-refractivity contribution in [3.63, 3.8) is 0 Å². The Bertz CT molecular complexity index is 830. The first kappa shape index (κ1) is 15.2. The van der Waals surface area contributed by atoms with Crippen LogP contribution in [0.5, 0.6) is 5.75 Å². The summed E-state index contributed by atoms with van der Waals surface area (Å²) in [6.45, 7) is 0.321. The molecule has 0 spiro atoms. The summed E-state index contributed by atoms with van der Waals surface area (Å²) in [6.07, 6.45) is 0. The molecule has 4 nitrogen and oxygen atoms in total. The maximum Gasteiger partial charge on any atom is 0.355 e. The molecule has 0 fully saturated rings. The molecule has 1 aromatic heterocycles. The van der Waals surface area contributed by atoms with Crippen LogP contribution in [0.15, 0.2) is 53.9 Å². The molecule has 6 heteroatoms. The Kier molecular flexibility index (Phi) is 4.34. The predicted octanol–water partition coefficient (Wildman–Crippen LogP) is 4.23. The minimum Gasteiger partial charge on any atom is -0.489 e. The van der Waals surface area contributed by atoms with Crippen molar-refractivity contribution in [2.24, 2.45) is 0 Å². The lowest BCUT2D eigenvalue weighted by Gasteiger charge is -2.07. The molecule has 1 N–H and O–H groups in total. The van der Waals surface area contributed by atoms with E-state index in [0.29, 0.717) is 17.4 Å². The standard InChI is InChI=1S/C17H12FNO3S/c18-13-6-4-11(5-7-13)9-22-14-3-1-2-12(8-14)16-19-15(10-23-16)17(20)21/h1-8,10H,9H2,(H,20,21). The lowest BCUT2D eigenvalue weighted by Crippen LogP contribution is -1.96. The fraction of sp³-hybridized carbons (Fsp3) is 0.0588. The summed E-state index contributed by atoms with van der Waals surface area (Å²) in [4.78, 5) is 15.0. The Labute approximate surface area is 135 Å². The maximum atomic E-state index is 12.9. The van der Waals surface area contributed by atoms with Crippen LogP contribution in [0.4, 0.5) is 4.39 Å². The number of benzene rings is 2. The highest BCUT2D eigenvalue weighted by Crippen LogP contribution is 2.27. The summed E-state index contributed by atoms with van der Waals surface area (Å²) in [5, 5.41) is 11.0. The SMILES string of the molecule is O=C(O)c1csc(-c2cccc(OCc3ccc(F)cc3)c2)n1. The number of ether oxygens (including phenoxy) is 1. The van der Waals surface area contributed by atoms with Gasteiger partial charge in [0.25, 0.3) is 0 Å². The van der Waals surface area contributed by atoms with Crippen molar-refractivity contribution in [1.29, 1.82) is 0 Å². The molecule has 0 radical (unpaired) electrons. The third-order valence-corrected chi connectivity index (χ3v) is 4.01. The second-order valence-electron chi connectivity index (χ2n) is 4.79. The third-order valence-electron chi connectivity index (χ3n) is 3.12. The fourth-order valence-electron chi connectivity index (χ4n) is 1.97. The van der Waals surface area contributed by atoms with E-state index in [1.807, 2.05) is 12.1 Å². The Morgan fingerprint density at radius 3 is 2.70 bits per heavy atom. The zero-order chi connectivity index (χ0) is 16.2. The van der Waals surface area contributed by atoms with Crippen LogP contribution in [0, 0.1) is 5.82 Å². The molecule has 116 valence electrons. The van der Waals surface area contributed by atoms with Gasteiger partial charge in [-0.05, 0) is 29.8 Å². The quantitative estimate of drug-likeness (QED) is 0.761. The number of hydrogen-bond acceptors (Lipinski definition) is 4. The predicted molar refractivity (Wildman–Crippen MR) is 85.2 cm³/mol. The van der Waals surface area contributed by atoms with Crippen LogP contribution in [-0.2, 0) is 6.61 Å². The maximum absolute atomic E-state index is 12.9. The van der Waals surface area contributed by atoms with Gasteiger partial charge in [-0.3, -0.25) is 0 Å². The van der Waals surface area contributed by atoms with Crippen LogP contribution in [0.2, 0.25) is 0 Å². The van der Waals surface area contributed by atoms with Crippen LogP contribution in [0.1, 0.15) is 16.1 Å². The molecule has 23 heavy (non-hydrogen) atoms. The molecule has 1 heterocycles. The first-order valence-corrected chi connectivity index (χ1v) is 7.66. The lowest BCUT2D eigenvalue weighted by atomic mass is 10.2. The van der Waals surface area contributed by atoms with Gasteiger partial charge in [0.2, 0.25) is 0 Å². The highest BCUT2D eigenvalue weighted by molar-refractivity contribution is 7.13. The summed E-state index contributed by atoms with van der Waals surface area (Å²) in [7, 11) is 0. The van der Waals surface area contributed by atoms with Gasteiger partial charge < -0.3 is 9.84 Å². The van der Waals surface area contributed by atoms with E-state index in [1.54, 1.807) is 24.3 Å². The van der Waals surface area contributed by atoms with E-state index >= 15 is 0 Å². The molecule has 0 bridgehead atoms. The van der Waals surface area contributed by atoms with E-state index in [1.165, 1.54) is 28.8 Å². The van der Waals surface area contributed by atoms with Gasteiger partial charge in [-0.2, -0.15) is 0 Å². The van der Waals surface area contributed by atoms with Crippen molar-refractivity contribution in [3.8, 4) is 16.3 Å². The molecule has 3 aromatic rings. The van der Waals surface area contributed by atoms with E-state index in [9.17, 15) is 9.18 Å². The van der Waals surface area contributed by atoms with E-state index in [0.717, 1.165) is 11.1 Å². The fourth-order valence-corrected chi connectivity index (χ4v) is 2.76.